The molecule has 3 N–H and O–H groups in total. The molecule has 4 aliphatic rings. The number of allylic oxidation sites excluding steroid dienone is 1. The van der Waals surface area contributed by atoms with Crippen molar-refractivity contribution in [2.75, 3.05) is 45.9 Å². The van der Waals surface area contributed by atoms with Crippen LogP contribution in [-0.2, 0) is 21.0 Å². The molecule has 6 atom stereocenters. The van der Waals surface area contributed by atoms with Gasteiger partial charge in [-0.2, -0.15) is 0 Å². The lowest BCUT2D eigenvalue weighted by Crippen LogP contribution is -2.70. The normalized spacial score (nSPS) is 23.3. The molecule has 7 rings (SSSR count). The first-order chi connectivity index (χ1) is 32.1. The number of hydrogen-bond acceptors (Lipinski definition) is 13. The Kier molecular flexibility index (Phi) is 16.0. The van der Waals surface area contributed by atoms with E-state index in [-0.39, 0.29) is 73.9 Å². The smallest absolute Gasteiger partial charge is 0.417 e. The van der Waals surface area contributed by atoms with E-state index < -0.39 is 28.8 Å². The first-order valence-corrected chi connectivity index (χ1v) is 23.0. The number of carbonyl (C=O) groups is 2. The van der Waals surface area contributed by atoms with Gasteiger partial charge in [0.25, 0.3) is 5.69 Å². The van der Waals surface area contributed by atoms with Crippen molar-refractivity contribution in [3.63, 3.8) is 0 Å². The molecular formula is C50H62N4O12. The van der Waals surface area contributed by atoms with Crippen LogP contribution in [0.15, 0.2) is 90.1 Å². The predicted octanol–water partition coefficient (Wildman–Crippen LogP) is 8.71. The molecule has 1 aliphatic heterocycles. The number of amides is 2. The SMILES string of the molecule is C=CCO[C@@]12Oc3ccc(OC(=O)Nc4ccc(OC)cc4OC)cc3[C@H]3[C@H](CCCCO)[C@@H](CCCCO)C=C(C(=NOCc4ccc([N+](=O)[O-])cc4)C[C@@H]1N(CCC)C(=O)C1CC1)[C@H]32. The summed E-state index contributed by atoms with van der Waals surface area (Å²) in [4.78, 5) is 47.1. The summed E-state index contributed by atoms with van der Waals surface area (Å²) in [6.07, 6.45) is 9.91. The Bertz CT molecular complexity index is 2260. The van der Waals surface area contributed by atoms with Gasteiger partial charge < -0.3 is 43.6 Å². The molecule has 3 aliphatic carbocycles. The van der Waals surface area contributed by atoms with Gasteiger partial charge in [-0.1, -0.05) is 37.1 Å². The van der Waals surface area contributed by atoms with Crippen LogP contribution in [0.4, 0.5) is 16.2 Å². The number of rotatable bonds is 23. The van der Waals surface area contributed by atoms with E-state index in [1.54, 1.807) is 55.7 Å². The van der Waals surface area contributed by atoms with Crippen LogP contribution in [0.3, 0.4) is 0 Å². The summed E-state index contributed by atoms with van der Waals surface area (Å²) in [5.74, 6) is -0.723. The van der Waals surface area contributed by atoms with Crippen LogP contribution in [0.1, 0.15) is 88.2 Å². The molecule has 0 aromatic heterocycles. The lowest BCUT2D eigenvalue weighted by Gasteiger charge is -2.60. The lowest BCUT2D eigenvalue weighted by molar-refractivity contribution is -0.384. The molecule has 16 heteroatoms. The van der Waals surface area contributed by atoms with Gasteiger partial charge in [0.15, 0.2) is 0 Å². The number of nitrogens with one attached hydrogen (secondary N) is 1. The second kappa shape index (κ2) is 22.0. The molecule has 2 amide bonds. The highest BCUT2D eigenvalue weighted by atomic mass is 16.7. The Hall–Kier alpha value is -5.97. The van der Waals surface area contributed by atoms with Crippen molar-refractivity contribution in [3.8, 4) is 23.0 Å². The van der Waals surface area contributed by atoms with Crippen molar-refractivity contribution in [1.82, 2.24) is 4.90 Å². The summed E-state index contributed by atoms with van der Waals surface area (Å²) < 4.78 is 31.2. The van der Waals surface area contributed by atoms with Gasteiger partial charge in [0.2, 0.25) is 11.7 Å². The van der Waals surface area contributed by atoms with E-state index in [2.05, 4.69) is 18.0 Å². The molecule has 3 aromatic rings. The average molecular weight is 911 g/mol. The minimum Gasteiger partial charge on any atom is -0.497 e. The number of nitro benzene ring substituents is 1. The van der Waals surface area contributed by atoms with Crippen molar-refractivity contribution in [3.05, 3.63) is 106 Å². The third-order valence-corrected chi connectivity index (χ3v) is 13.1. The first kappa shape index (κ1) is 48.0. The Morgan fingerprint density at radius 3 is 2.41 bits per heavy atom. The number of anilines is 1. The minimum absolute atomic E-state index is 0.0266. The highest BCUT2D eigenvalue weighted by molar-refractivity contribution is 6.03. The number of fused-ring (bicyclic) bond motifs is 2. The number of ether oxygens (including phenoxy) is 5. The van der Waals surface area contributed by atoms with Crippen molar-refractivity contribution in [2.45, 2.75) is 95.5 Å². The fraction of sp³-hybridized carbons (Fsp3) is 0.500. The Labute approximate surface area is 385 Å². The summed E-state index contributed by atoms with van der Waals surface area (Å²) >= 11 is 0. The molecule has 16 nitrogen and oxygen atoms in total. The maximum Gasteiger partial charge on any atom is 0.417 e. The quantitative estimate of drug-likeness (QED) is 0.0354. The van der Waals surface area contributed by atoms with Gasteiger partial charge in [-0.25, -0.2) is 4.79 Å². The Morgan fingerprint density at radius 1 is 1.00 bits per heavy atom. The summed E-state index contributed by atoms with van der Waals surface area (Å²) in [7, 11) is 3.04. The highest BCUT2D eigenvalue weighted by Crippen LogP contribution is 2.62. The average Bonchev–Trinajstić information content (AvgIpc) is 4.18. The van der Waals surface area contributed by atoms with E-state index in [4.69, 9.17) is 33.7 Å². The van der Waals surface area contributed by atoms with Crippen molar-refractivity contribution < 1.29 is 53.2 Å². The molecule has 0 unspecified atom stereocenters. The predicted molar refractivity (Wildman–Crippen MR) is 247 cm³/mol. The van der Waals surface area contributed by atoms with Crippen molar-refractivity contribution in [1.29, 1.82) is 0 Å². The van der Waals surface area contributed by atoms with Crippen LogP contribution >= 0.6 is 0 Å². The van der Waals surface area contributed by atoms with Gasteiger partial charge in [0.05, 0.1) is 43.1 Å². The van der Waals surface area contributed by atoms with E-state index in [1.807, 2.05) is 17.9 Å². The number of oxime groups is 1. The van der Waals surface area contributed by atoms with Crippen LogP contribution in [0.2, 0.25) is 0 Å². The second-order valence-electron chi connectivity index (χ2n) is 17.4. The maximum absolute atomic E-state index is 14.5. The van der Waals surface area contributed by atoms with Crippen molar-refractivity contribution in [2.24, 2.45) is 28.8 Å². The number of benzene rings is 3. The van der Waals surface area contributed by atoms with Crippen LogP contribution in [0, 0.1) is 33.8 Å². The van der Waals surface area contributed by atoms with E-state index in [9.17, 15) is 29.9 Å². The summed E-state index contributed by atoms with van der Waals surface area (Å²) in [5.41, 5.74) is 3.32. The third-order valence-electron chi connectivity index (χ3n) is 13.1. The largest absolute Gasteiger partial charge is 0.497 e. The summed E-state index contributed by atoms with van der Waals surface area (Å²) in [6, 6.07) is 15.8. The number of aliphatic hydroxyl groups excluding tert-OH is 2. The van der Waals surface area contributed by atoms with E-state index in [0.29, 0.717) is 60.0 Å². The topological polar surface area (TPSA) is 201 Å². The molecule has 0 spiro atoms. The van der Waals surface area contributed by atoms with Crippen LogP contribution in [0.25, 0.3) is 0 Å². The van der Waals surface area contributed by atoms with Gasteiger partial charge in [-0.3, -0.25) is 20.2 Å². The van der Waals surface area contributed by atoms with E-state index in [1.165, 1.54) is 19.2 Å². The number of nitro groups is 1. The van der Waals surface area contributed by atoms with E-state index >= 15 is 0 Å². The third kappa shape index (κ3) is 10.5. The Morgan fingerprint density at radius 2 is 1.74 bits per heavy atom. The van der Waals surface area contributed by atoms with Gasteiger partial charge in [0, 0.05) is 61.8 Å². The van der Waals surface area contributed by atoms with Crippen LogP contribution in [-0.4, -0.2) is 90.2 Å². The molecule has 0 radical (unpaired) electrons. The number of unbranched alkanes of at least 4 members (excludes halogenated alkanes) is 2. The monoisotopic (exact) mass is 910 g/mol. The zero-order valence-electron chi connectivity index (χ0n) is 38.0. The van der Waals surface area contributed by atoms with Gasteiger partial charge in [-0.15, -0.1) is 6.58 Å². The highest BCUT2D eigenvalue weighted by Gasteiger charge is 2.65. The first-order valence-electron chi connectivity index (χ1n) is 23.0. The lowest BCUT2D eigenvalue weighted by atomic mass is 9.55. The molecule has 1 heterocycles. The number of aliphatic hydroxyl groups is 2. The molecule has 3 aromatic carbocycles. The van der Waals surface area contributed by atoms with Gasteiger partial charge >= 0.3 is 6.09 Å². The number of non-ortho nitro benzene ring substituents is 1. The zero-order chi connectivity index (χ0) is 46.8. The van der Waals surface area contributed by atoms with Crippen LogP contribution < -0.4 is 24.3 Å². The van der Waals surface area contributed by atoms with E-state index in [0.717, 1.165) is 49.7 Å². The summed E-state index contributed by atoms with van der Waals surface area (Å²) in [5, 5.41) is 38.9. The minimum atomic E-state index is -1.43. The molecule has 0 saturated heterocycles. The van der Waals surface area contributed by atoms with Crippen molar-refractivity contribution >= 4 is 29.1 Å². The number of hydrogen-bond donors (Lipinski definition) is 3. The standard InChI is InChI=1S/C50H62N4O12/c1-5-23-53(48(57)33-15-16-33)45-30-42(52-64-31-32-13-17-35(18-14-32)54(59)60)39-27-34(11-7-9-24-55)38(12-8-10-25-56)46-40-28-37(20-22-43(40)66-50(45,47(39)46)63-26-6-2)65-49(58)51-41-21-19-36(61-3)29-44(41)62-4/h6,13-14,17-22,27-29,33-34,38,45-47,55-56H,2,5,7-12,15-16,23-26,30-31H2,1,3-4H3,(H,51,58)/t34-,38+,45-,46+,47+,50+/m0/s1. The van der Waals surface area contributed by atoms with Gasteiger partial charge in [0.1, 0.15) is 35.6 Å². The second-order valence-corrected chi connectivity index (χ2v) is 17.4. The van der Waals surface area contributed by atoms with Crippen LogP contribution in [0.5, 0.6) is 23.0 Å². The molecule has 0 bridgehead atoms. The summed E-state index contributed by atoms with van der Waals surface area (Å²) in [6.45, 7) is 6.76. The maximum atomic E-state index is 14.5. The fourth-order valence-electron chi connectivity index (χ4n) is 9.98. The molecular weight excluding hydrogens is 849 g/mol. The fourth-order valence-corrected chi connectivity index (χ4v) is 9.98. The Balaban J connectivity index is 1.37. The number of nitrogens with zero attached hydrogens (tertiary/aromatic N) is 3. The van der Waals surface area contributed by atoms with Gasteiger partial charge in [-0.05, 0) is 110 Å². The molecule has 2 fully saturated rings. The molecule has 2 saturated carbocycles. The molecule has 66 heavy (non-hydrogen) atoms. The zero-order valence-corrected chi connectivity index (χ0v) is 38.0. The number of carbonyl (C=O) groups excluding carboxylic acids is 2. The number of methoxy groups -OCH3 is 2. The molecule has 354 valence electrons.